The van der Waals surface area contributed by atoms with Gasteiger partial charge in [0, 0.05) is 16.6 Å². The third-order valence-corrected chi connectivity index (χ3v) is 4.29. The van der Waals surface area contributed by atoms with Crippen LogP contribution in [0.4, 0.5) is 5.69 Å². The average Bonchev–Trinajstić information content (AvgIpc) is 2.67. The number of hydrazine groups is 1. The molecule has 1 atom stereocenters. The van der Waals surface area contributed by atoms with Gasteiger partial charge in [-0.1, -0.05) is 15.9 Å². The maximum atomic E-state index is 12.2. The number of non-ortho nitro benzene ring substituents is 1. The molecule has 2 aromatic carbocycles. The minimum absolute atomic E-state index is 0.0840. The van der Waals surface area contributed by atoms with Crippen molar-refractivity contribution in [3.63, 3.8) is 0 Å². The van der Waals surface area contributed by atoms with Crippen LogP contribution in [-0.4, -0.2) is 29.4 Å². The Morgan fingerprint density at radius 1 is 1.14 bits per heavy atom. The second kappa shape index (κ2) is 9.87. The van der Waals surface area contributed by atoms with E-state index < -0.39 is 22.8 Å². The van der Waals surface area contributed by atoms with Gasteiger partial charge in [0.25, 0.3) is 17.5 Å². The van der Waals surface area contributed by atoms with Crippen LogP contribution in [0.3, 0.4) is 0 Å². The third-order valence-electron chi connectivity index (χ3n) is 3.83. The van der Waals surface area contributed by atoms with Gasteiger partial charge in [0.05, 0.1) is 4.92 Å². The van der Waals surface area contributed by atoms with Crippen molar-refractivity contribution in [3.05, 3.63) is 62.1 Å². The molecule has 0 aliphatic heterocycles. The highest BCUT2D eigenvalue weighted by atomic mass is 79.9. The SMILES string of the molecule is Cc1cc(Br)cc(C)c1OC(C)C(=O)NNC(=O)COc1ccc([N+](=O)[O-])cc1. The Hall–Kier alpha value is -3.14. The Morgan fingerprint density at radius 3 is 2.28 bits per heavy atom. The number of benzene rings is 2. The predicted molar refractivity (Wildman–Crippen MR) is 109 cm³/mol. The number of hydrogen-bond acceptors (Lipinski definition) is 6. The fraction of sp³-hybridized carbons (Fsp3) is 0.263. The van der Waals surface area contributed by atoms with E-state index >= 15 is 0 Å². The molecule has 0 aromatic heterocycles. The second-order valence-corrected chi connectivity index (χ2v) is 7.12. The summed E-state index contributed by atoms with van der Waals surface area (Å²) in [4.78, 5) is 34.0. The Morgan fingerprint density at radius 2 is 1.72 bits per heavy atom. The van der Waals surface area contributed by atoms with E-state index in [1.165, 1.54) is 24.3 Å². The van der Waals surface area contributed by atoms with Crippen LogP contribution in [0, 0.1) is 24.0 Å². The van der Waals surface area contributed by atoms with E-state index in [4.69, 9.17) is 9.47 Å². The first-order chi connectivity index (χ1) is 13.7. The van der Waals surface area contributed by atoms with Gasteiger partial charge in [-0.25, -0.2) is 0 Å². The van der Waals surface area contributed by atoms with Crippen LogP contribution >= 0.6 is 15.9 Å². The average molecular weight is 466 g/mol. The summed E-state index contributed by atoms with van der Waals surface area (Å²) in [5.74, 6) is -0.242. The summed E-state index contributed by atoms with van der Waals surface area (Å²) < 4.78 is 11.8. The van der Waals surface area contributed by atoms with E-state index in [0.717, 1.165) is 15.6 Å². The van der Waals surface area contributed by atoms with E-state index in [2.05, 4.69) is 26.8 Å². The van der Waals surface area contributed by atoms with Gasteiger partial charge in [-0.15, -0.1) is 0 Å². The molecule has 0 bridgehead atoms. The molecule has 2 amide bonds. The number of nitro groups is 1. The topological polar surface area (TPSA) is 120 Å². The molecule has 1 unspecified atom stereocenters. The van der Waals surface area contributed by atoms with Gasteiger partial charge in [-0.2, -0.15) is 0 Å². The fourth-order valence-electron chi connectivity index (χ4n) is 2.40. The minimum Gasteiger partial charge on any atom is -0.484 e. The molecular formula is C19H20BrN3O6. The Kier molecular flexibility index (Phi) is 7.54. The number of nitro benzene ring substituents is 1. The number of aryl methyl sites for hydroxylation is 2. The predicted octanol–water partition coefficient (Wildman–Crippen LogP) is 2.97. The summed E-state index contributed by atoms with van der Waals surface area (Å²) in [6.07, 6.45) is -0.843. The molecule has 2 rings (SSSR count). The lowest BCUT2D eigenvalue weighted by Gasteiger charge is -2.18. The summed E-state index contributed by atoms with van der Waals surface area (Å²) in [6, 6.07) is 9.04. The number of amides is 2. The summed E-state index contributed by atoms with van der Waals surface area (Å²) >= 11 is 3.40. The Bertz CT molecular complexity index is 894. The van der Waals surface area contributed by atoms with Gasteiger partial charge in [-0.3, -0.25) is 30.6 Å². The molecule has 2 aromatic rings. The minimum atomic E-state index is -0.843. The first kappa shape index (κ1) is 22.2. The number of ether oxygens (including phenoxy) is 2. The molecule has 2 N–H and O–H groups in total. The summed E-state index contributed by atoms with van der Waals surface area (Å²) in [7, 11) is 0. The largest absolute Gasteiger partial charge is 0.484 e. The van der Waals surface area contributed by atoms with Crippen molar-refractivity contribution in [1.82, 2.24) is 10.9 Å². The highest BCUT2D eigenvalue weighted by Gasteiger charge is 2.18. The van der Waals surface area contributed by atoms with Crippen LogP contribution in [0.15, 0.2) is 40.9 Å². The zero-order chi connectivity index (χ0) is 21.6. The Labute approximate surface area is 175 Å². The lowest BCUT2D eigenvalue weighted by molar-refractivity contribution is -0.384. The number of nitrogens with zero attached hydrogens (tertiary/aromatic N) is 1. The van der Waals surface area contributed by atoms with Gasteiger partial charge < -0.3 is 9.47 Å². The van der Waals surface area contributed by atoms with Crippen LogP contribution < -0.4 is 20.3 Å². The zero-order valence-electron chi connectivity index (χ0n) is 16.0. The van der Waals surface area contributed by atoms with E-state index in [9.17, 15) is 19.7 Å². The quantitative estimate of drug-likeness (QED) is 0.478. The van der Waals surface area contributed by atoms with Crippen molar-refractivity contribution in [3.8, 4) is 11.5 Å². The van der Waals surface area contributed by atoms with Gasteiger partial charge in [-0.05, 0) is 56.2 Å². The van der Waals surface area contributed by atoms with Crippen LogP contribution in [0.1, 0.15) is 18.1 Å². The molecule has 154 valence electrons. The molecule has 0 fully saturated rings. The van der Waals surface area contributed by atoms with E-state index in [-0.39, 0.29) is 18.0 Å². The summed E-state index contributed by atoms with van der Waals surface area (Å²) in [6.45, 7) is 4.93. The molecule has 0 saturated carbocycles. The zero-order valence-corrected chi connectivity index (χ0v) is 17.6. The van der Waals surface area contributed by atoms with Crippen LogP contribution in [0.2, 0.25) is 0 Å². The molecule has 10 heteroatoms. The highest BCUT2D eigenvalue weighted by Crippen LogP contribution is 2.28. The van der Waals surface area contributed by atoms with Crippen LogP contribution in [0.25, 0.3) is 0 Å². The maximum absolute atomic E-state index is 12.2. The molecule has 29 heavy (non-hydrogen) atoms. The van der Waals surface area contributed by atoms with Crippen LogP contribution in [0.5, 0.6) is 11.5 Å². The lowest BCUT2D eigenvalue weighted by atomic mass is 10.1. The number of carbonyl (C=O) groups excluding carboxylic acids is 2. The number of halogens is 1. The molecule has 0 spiro atoms. The smallest absolute Gasteiger partial charge is 0.279 e. The van der Waals surface area contributed by atoms with Crippen molar-refractivity contribution in [2.24, 2.45) is 0 Å². The lowest BCUT2D eigenvalue weighted by Crippen LogP contribution is -2.48. The maximum Gasteiger partial charge on any atom is 0.279 e. The normalized spacial score (nSPS) is 11.3. The van der Waals surface area contributed by atoms with Gasteiger partial charge >= 0.3 is 0 Å². The van der Waals surface area contributed by atoms with Gasteiger partial charge in [0.1, 0.15) is 11.5 Å². The standard InChI is InChI=1S/C19H20BrN3O6/c1-11-8-14(20)9-12(2)18(11)29-13(3)19(25)22-21-17(24)10-28-16-6-4-15(5-7-16)23(26)27/h4-9,13H,10H2,1-3H3,(H,21,24)(H,22,25). The molecule has 0 radical (unpaired) electrons. The summed E-state index contributed by atoms with van der Waals surface area (Å²) in [5, 5.41) is 10.6. The van der Waals surface area contributed by atoms with Crippen molar-refractivity contribution in [1.29, 1.82) is 0 Å². The van der Waals surface area contributed by atoms with Gasteiger partial charge in [0.15, 0.2) is 12.7 Å². The second-order valence-electron chi connectivity index (χ2n) is 6.21. The van der Waals surface area contributed by atoms with Crippen molar-refractivity contribution in [2.45, 2.75) is 26.9 Å². The van der Waals surface area contributed by atoms with E-state index in [1.807, 2.05) is 26.0 Å². The molecule has 0 aliphatic carbocycles. The van der Waals surface area contributed by atoms with Crippen molar-refractivity contribution < 1.29 is 24.0 Å². The first-order valence-corrected chi connectivity index (χ1v) is 9.36. The monoisotopic (exact) mass is 465 g/mol. The number of carbonyl (C=O) groups is 2. The summed E-state index contributed by atoms with van der Waals surface area (Å²) in [5.41, 5.74) is 6.16. The molecule has 0 aliphatic rings. The van der Waals surface area contributed by atoms with Crippen molar-refractivity contribution in [2.75, 3.05) is 6.61 Å². The molecule has 0 heterocycles. The fourth-order valence-corrected chi connectivity index (χ4v) is 3.08. The number of rotatable bonds is 7. The molecular weight excluding hydrogens is 446 g/mol. The number of nitrogens with one attached hydrogen (secondary N) is 2. The van der Waals surface area contributed by atoms with Crippen LogP contribution in [-0.2, 0) is 9.59 Å². The molecule has 9 nitrogen and oxygen atoms in total. The van der Waals surface area contributed by atoms with E-state index in [1.54, 1.807) is 6.92 Å². The van der Waals surface area contributed by atoms with Gasteiger partial charge in [0.2, 0.25) is 0 Å². The Balaban J connectivity index is 1.80. The van der Waals surface area contributed by atoms with E-state index in [0.29, 0.717) is 5.75 Å². The third kappa shape index (κ3) is 6.46. The van der Waals surface area contributed by atoms with Crippen molar-refractivity contribution >= 4 is 33.4 Å². The molecule has 0 saturated heterocycles. The highest BCUT2D eigenvalue weighted by molar-refractivity contribution is 9.10. The number of hydrogen-bond donors (Lipinski definition) is 2. The first-order valence-electron chi connectivity index (χ1n) is 8.56.